The first-order chi connectivity index (χ1) is 11.1. The van der Waals surface area contributed by atoms with Crippen molar-refractivity contribution in [3.05, 3.63) is 36.0 Å². The van der Waals surface area contributed by atoms with Crippen molar-refractivity contribution in [1.29, 1.82) is 0 Å². The number of hydrogen-bond acceptors (Lipinski definition) is 4. The lowest BCUT2D eigenvalue weighted by Crippen LogP contribution is -2.62. The number of likely N-dealkylation sites (tertiary alicyclic amines) is 1. The Morgan fingerprint density at radius 2 is 2.04 bits per heavy atom. The first kappa shape index (κ1) is 14.9. The van der Waals surface area contributed by atoms with Gasteiger partial charge >= 0.3 is 6.03 Å². The zero-order chi connectivity index (χ0) is 16.4. The van der Waals surface area contributed by atoms with Gasteiger partial charge in [0.25, 0.3) is 5.91 Å². The summed E-state index contributed by atoms with van der Waals surface area (Å²) in [6, 6.07) is 8.52. The van der Waals surface area contributed by atoms with Gasteiger partial charge < -0.3 is 20.7 Å². The van der Waals surface area contributed by atoms with Crippen LogP contribution < -0.4 is 15.8 Å². The lowest BCUT2D eigenvalue weighted by Gasteiger charge is -2.38. The van der Waals surface area contributed by atoms with Crippen LogP contribution in [0.1, 0.15) is 10.5 Å². The second kappa shape index (κ2) is 5.99. The second-order valence-electron chi connectivity index (χ2n) is 5.31. The standard InChI is InChI=1S/C15H17N5O3/c1-23-11-4-2-9(3-5-11)12-6-13(19-18-12)14(21)17-10-7-20(8-10)15(16)22/h2-6,10H,7-8H2,1H3,(H2,16,22)(H,17,21)(H,18,19). The summed E-state index contributed by atoms with van der Waals surface area (Å²) in [4.78, 5) is 24.5. The van der Waals surface area contributed by atoms with Crippen molar-refractivity contribution in [2.75, 3.05) is 20.2 Å². The molecule has 0 atom stereocenters. The van der Waals surface area contributed by atoms with E-state index in [1.807, 2.05) is 24.3 Å². The van der Waals surface area contributed by atoms with Crippen molar-refractivity contribution >= 4 is 11.9 Å². The molecule has 8 nitrogen and oxygen atoms in total. The summed E-state index contributed by atoms with van der Waals surface area (Å²) in [6.07, 6.45) is 0. The number of hydrogen-bond donors (Lipinski definition) is 3. The Morgan fingerprint density at radius 3 is 2.65 bits per heavy atom. The van der Waals surface area contributed by atoms with Crippen LogP contribution in [0.3, 0.4) is 0 Å². The topological polar surface area (TPSA) is 113 Å². The average molecular weight is 315 g/mol. The normalized spacial score (nSPS) is 14.2. The van der Waals surface area contributed by atoms with E-state index in [4.69, 9.17) is 10.5 Å². The molecule has 1 aliphatic heterocycles. The van der Waals surface area contributed by atoms with E-state index in [0.29, 0.717) is 24.5 Å². The number of rotatable bonds is 4. The minimum atomic E-state index is -0.473. The lowest BCUT2D eigenvalue weighted by molar-refractivity contribution is 0.0856. The summed E-state index contributed by atoms with van der Waals surface area (Å²) in [7, 11) is 1.60. The molecule has 4 N–H and O–H groups in total. The fourth-order valence-corrected chi connectivity index (χ4v) is 2.36. The quantitative estimate of drug-likeness (QED) is 0.765. The number of nitrogens with one attached hydrogen (secondary N) is 2. The molecule has 0 unspecified atom stereocenters. The Labute approximate surface area is 132 Å². The molecule has 3 rings (SSSR count). The zero-order valence-electron chi connectivity index (χ0n) is 12.6. The molecule has 1 saturated heterocycles. The highest BCUT2D eigenvalue weighted by Crippen LogP contribution is 2.21. The first-order valence-electron chi connectivity index (χ1n) is 7.12. The molecule has 1 aromatic heterocycles. The minimum absolute atomic E-state index is 0.0808. The Balaban J connectivity index is 1.62. The van der Waals surface area contributed by atoms with Crippen LogP contribution in [0.25, 0.3) is 11.3 Å². The monoisotopic (exact) mass is 315 g/mol. The maximum absolute atomic E-state index is 12.1. The summed E-state index contributed by atoms with van der Waals surface area (Å²) in [5.74, 6) is 0.498. The Hall–Kier alpha value is -3.03. The van der Waals surface area contributed by atoms with E-state index < -0.39 is 6.03 Å². The number of methoxy groups -OCH3 is 1. The number of carbonyl (C=O) groups is 2. The van der Waals surface area contributed by atoms with E-state index in [-0.39, 0.29) is 11.9 Å². The van der Waals surface area contributed by atoms with Crippen LogP contribution in [0.15, 0.2) is 30.3 Å². The molecule has 23 heavy (non-hydrogen) atoms. The predicted molar refractivity (Wildman–Crippen MR) is 83.0 cm³/mol. The second-order valence-corrected chi connectivity index (χ2v) is 5.31. The van der Waals surface area contributed by atoms with Crippen molar-refractivity contribution in [3.63, 3.8) is 0 Å². The lowest BCUT2D eigenvalue weighted by atomic mass is 10.1. The number of benzene rings is 1. The molecule has 3 amide bonds. The molecule has 1 fully saturated rings. The molecule has 8 heteroatoms. The number of aromatic nitrogens is 2. The fourth-order valence-electron chi connectivity index (χ4n) is 2.36. The van der Waals surface area contributed by atoms with Gasteiger partial charge in [0.2, 0.25) is 0 Å². The van der Waals surface area contributed by atoms with Gasteiger partial charge in [0, 0.05) is 18.7 Å². The van der Waals surface area contributed by atoms with Crippen LogP contribution in [0.2, 0.25) is 0 Å². The molecule has 0 bridgehead atoms. The van der Waals surface area contributed by atoms with Gasteiger partial charge in [0.05, 0.1) is 18.8 Å². The number of ether oxygens (including phenoxy) is 1. The molecule has 1 aliphatic rings. The number of primary amides is 1. The number of aromatic amines is 1. The number of carbonyl (C=O) groups excluding carboxylic acids is 2. The van der Waals surface area contributed by atoms with E-state index in [9.17, 15) is 9.59 Å². The van der Waals surface area contributed by atoms with Gasteiger partial charge in [-0.2, -0.15) is 5.10 Å². The largest absolute Gasteiger partial charge is 0.497 e. The van der Waals surface area contributed by atoms with Gasteiger partial charge in [0.1, 0.15) is 11.4 Å². The van der Waals surface area contributed by atoms with Crippen LogP contribution in [0, 0.1) is 0 Å². The highest BCUT2D eigenvalue weighted by molar-refractivity contribution is 5.93. The molecular weight excluding hydrogens is 298 g/mol. The van der Waals surface area contributed by atoms with Gasteiger partial charge in [-0.05, 0) is 30.3 Å². The van der Waals surface area contributed by atoms with Crippen molar-refractivity contribution in [2.24, 2.45) is 5.73 Å². The molecule has 120 valence electrons. The Morgan fingerprint density at radius 1 is 1.35 bits per heavy atom. The highest BCUT2D eigenvalue weighted by Gasteiger charge is 2.30. The van der Waals surface area contributed by atoms with Crippen molar-refractivity contribution in [1.82, 2.24) is 20.4 Å². The molecule has 2 heterocycles. The smallest absolute Gasteiger partial charge is 0.314 e. The number of urea groups is 1. The summed E-state index contributed by atoms with van der Waals surface area (Å²) in [6.45, 7) is 0.862. The van der Waals surface area contributed by atoms with Crippen LogP contribution in [-0.4, -0.2) is 53.3 Å². The Kier molecular flexibility index (Phi) is 3.88. The van der Waals surface area contributed by atoms with E-state index in [1.54, 1.807) is 13.2 Å². The average Bonchev–Trinajstić information content (AvgIpc) is 3.00. The molecule has 0 aliphatic carbocycles. The van der Waals surface area contributed by atoms with Gasteiger partial charge in [-0.25, -0.2) is 4.79 Å². The van der Waals surface area contributed by atoms with E-state index in [0.717, 1.165) is 11.3 Å². The van der Waals surface area contributed by atoms with Crippen molar-refractivity contribution in [2.45, 2.75) is 6.04 Å². The predicted octanol–water partition coefficient (Wildman–Crippen LogP) is 0.578. The van der Waals surface area contributed by atoms with E-state index in [1.165, 1.54) is 4.90 Å². The third kappa shape index (κ3) is 3.10. The van der Waals surface area contributed by atoms with Crippen LogP contribution in [-0.2, 0) is 0 Å². The number of H-pyrrole nitrogens is 1. The molecule has 2 aromatic rings. The van der Waals surface area contributed by atoms with Crippen LogP contribution in [0.5, 0.6) is 5.75 Å². The molecule has 0 spiro atoms. The third-order valence-electron chi connectivity index (χ3n) is 3.74. The molecule has 0 saturated carbocycles. The van der Waals surface area contributed by atoms with Gasteiger partial charge in [0.15, 0.2) is 0 Å². The zero-order valence-corrected chi connectivity index (χ0v) is 12.6. The molecule has 1 aromatic carbocycles. The number of nitrogens with zero attached hydrogens (tertiary/aromatic N) is 2. The van der Waals surface area contributed by atoms with E-state index >= 15 is 0 Å². The molecular formula is C15H17N5O3. The van der Waals surface area contributed by atoms with Crippen molar-refractivity contribution in [3.8, 4) is 17.0 Å². The van der Waals surface area contributed by atoms with Gasteiger partial charge in [-0.1, -0.05) is 0 Å². The maximum atomic E-state index is 12.1. The Bertz CT molecular complexity index is 719. The van der Waals surface area contributed by atoms with E-state index in [2.05, 4.69) is 15.5 Å². The maximum Gasteiger partial charge on any atom is 0.314 e. The SMILES string of the molecule is COc1ccc(-c2cc(C(=O)NC3CN(C(N)=O)C3)[nH]n2)cc1. The van der Waals surface area contributed by atoms with Crippen LogP contribution in [0.4, 0.5) is 4.79 Å². The third-order valence-corrected chi connectivity index (χ3v) is 3.74. The first-order valence-corrected chi connectivity index (χ1v) is 7.12. The summed E-state index contributed by atoms with van der Waals surface area (Å²) in [5, 5.41) is 9.69. The van der Waals surface area contributed by atoms with Crippen LogP contribution >= 0.6 is 0 Å². The number of amides is 3. The molecule has 0 radical (unpaired) electrons. The summed E-state index contributed by atoms with van der Waals surface area (Å²) < 4.78 is 5.11. The fraction of sp³-hybridized carbons (Fsp3) is 0.267. The minimum Gasteiger partial charge on any atom is -0.497 e. The highest BCUT2D eigenvalue weighted by atomic mass is 16.5. The van der Waals surface area contributed by atoms with Gasteiger partial charge in [-0.15, -0.1) is 0 Å². The summed E-state index contributed by atoms with van der Waals surface area (Å²) >= 11 is 0. The number of nitrogens with two attached hydrogens (primary N) is 1. The van der Waals surface area contributed by atoms with Crippen molar-refractivity contribution < 1.29 is 14.3 Å². The summed E-state index contributed by atoms with van der Waals surface area (Å²) in [5.41, 5.74) is 7.06. The van der Waals surface area contributed by atoms with Gasteiger partial charge in [-0.3, -0.25) is 9.89 Å².